The highest BCUT2D eigenvalue weighted by atomic mass is 15.0. The highest BCUT2D eigenvalue weighted by Crippen LogP contribution is 2.44. The first-order chi connectivity index (χ1) is 26.6. The first-order valence-electron chi connectivity index (χ1n) is 20.3. The topological polar surface area (TPSA) is 4.93 Å². The van der Waals surface area contributed by atoms with Crippen molar-refractivity contribution in [1.82, 2.24) is 4.57 Å². The lowest BCUT2D eigenvalue weighted by atomic mass is 9.90. The SMILES string of the molecule is CC.CC.CC.CC1=C(c2cc(-c3c4ccccc4cc4c5ccccc5n(C5=CC=CCC5)c34)ccc2C)C=CC1.CC1C=CC(c2ccccc2)=C1. The molecule has 1 nitrogen and oxygen atoms in total. The van der Waals surface area contributed by atoms with Gasteiger partial charge >= 0.3 is 0 Å². The summed E-state index contributed by atoms with van der Waals surface area (Å²) in [5.74, 6) is 0.597. The summed E-state index contributed by atoms with van der Waals surface area (Å²) < 4.78 is 2.54. The van der Waals surface area contributed by atoms with Gasteiger partial charge in [-0.3, -0.25) is 0 Å². The van der Waals surface area contributed by atoms with Crippen LogP contribution in [0, 0.1) is 12.8 Å². The normalized spacial score (nSPS) is 15.4. The van der Waals surface area contributed by atoms with Crippen molar-refractivity contribution >= 4 is 49.4 Å². The van der Waals surface area contributed by atoms with Crippen LogP contribution in [-0.4, -0.2) is 4.57 Å². The number of aromatic nitrogens is 1. The summed E-state index contributed by atoms with van der Waals surface area (Å²) in [5, 5.41) is 5.25. The Hall–Kier alpha value is -5.40. The summed E-state index contributed by atoms with van der Waals surface area (Å²) in [5.41, 5.74) is 14.8. The molecule has 276 valence electrons. The second-order valence-electron chi connectivity index (χ2n) is 13.4. The quantitative estimate of drug-likeness (QED) is 0.172. The Morgan fingerprint density at radius 3 is 2.02 bits per heavy atom. The molecule has 0 aliphatic heterocycles. The molecular weight excluding hydrogens is 651 g/mol. The van der Waals surface area contributed by atoms with Gasteiger partial charge < -0.3 is 4.57 Å². The molecule has 0 bridgehead atoms. The van der Waals surface area contributed by atoms with E-state index in [2.05, 4.69) is 171 Å². The third kappa shape index (κ3) is 8.22. The highest BCUT2D eigenvalue weighted by molar-refractivity contribution is 6.21. The van der Waals surface area contributed by atoms with Crippen LogP contribution in [0.2, 0.25) is 0 Å². The van der Waals surface area contributed by atoms with Gasteiger partial charge in [0.25, 0.3) is 0 Å². The molecule has 1 atom stereocenters. The average molecular weight is 710 g/mol. The van der Waals surface area contributed by atoms with E-state index in [0.29, 0.717) is 5.92 Å². The van der Waals surface area contributed by atoms with Crippen molar-refractivity contribution in [3.63, 3.8) is 0 Å². The summed E-state index contributed by atoms with van der Waals surface area (Å²) in [6.07, 6.45) is 21.3. The minimum Gasteiger partial charge on any atom is -0.312 e. The van der Waals surface area contributed by atoms with Crippen molar-refractivity contribution in [3.05, 3.63) is 174 Å². The predicted molar refractivity (Wildman–Crippen MR) is 243 cm³/mol. The average Bonchev–Trinajstić information content (AvgIpc) is 3.97. The Labute approximate surface area is 325 Å². The van der Waals surface area contributed by atoms with Crippen molar-refractivity contribution < 1.29 is 0 Å². The van der Waals surface area contributed by atoms with E-state index in [4.69, 9.17) is 0 Å². The van der Waals surface area contributed by atoms with Gasteiger partial charge in [-0.25, -0.2) is 0 Å². The number of hydrogen-bond acceptors (Lipinski definition) is 0. The fourth-order valence-corrected chi connectivity index (χ4v) is 7.62. The van der Waals surface area contributed by atoms with Gasteiger partial charge in [0.2, 0.25) is 0 Å². The number of aryl methyl sites for hydroxylation is 1. The van der Waals surface area contributed by atoms with E-state index in [1.165, 1.54) is 82.8 Å². The summed E-state index contributed by atoms with van der Waals surface area (Å²) >= 11 is 0. The van der Waals surface area contributed by atoms with E-state index in [1.807, 2.05) is 47.6 Å². The minimum absolute atomic E-state index is 0.597. The Bertz CT molecular complexity index is 2380. The summed E-state index contributed by atoms with van der Waals surface area (Å²) in [6, 6.07) is 37.7. The third-order valence-electron chi connectivity index (χ3n) is 10.1. The number of fused-ring (bicyclic) bond motifs is 4. The van der Waals surface area contributed by atoms with Crippen LogP contribution in [-0.2, 0) is 0 Å². The molecule has 54 heavy (non-hydrogen) atoms. The van der Waals surface area contributed by atoms with Gasteiger partial charge in [-0.15, -0.1) is 0 Å². The third-order valence-corrected chi connectivity index (χ3v) is 10.1. The predicted octanol–water partition coefficient (Wildman–Crippen LogP) is 16.2. The number of benzene rings is 5. The fraction of sp³-hybridized carbons (Fsp3) is 0.245. The summed E-state index contributed by atoms with van der Waals surface area (Å²) in [6.45, 7) is 18.7. The zero-order valence-corrected chi connectivity index (χ0v) is 34.1. The molecule has 0 spiro atoms. The zero-order valence-electron chi connectivity index (χ0n) is 34.1. The Morgan fingerprint density at radius 2 is 1.35 bits per heavy atom. The molecule has 1 heterocycles. The van der Waals surface area contributed by atoms with Gasteiger partial charge in [-0.1, -0.05) is 182 Å². The molecule has 0 radical (unpaired) electrons. The molecule has 1 aromatic heterocycles. The number of para-hydroxylation sites is 1. The van der Waals surface area contributed by atoms with Gasteiger partial charge in [-0.2, -0.15) is 0 Å². The summed E-state index contributed by atoms with van der Waals surface area (Å²) in [4.78, 5) is 0. The molecule has 5 aromatic carbocycles. The number of allylic oxidation sites excluding steroid dienone is 12. The molecule has 0 saturated heterocycles. The van der Waals surface area contributed by atoms with Crippen LogP contribution in [0.3, 0.4) is 0 Å². The van der Waals surface area contributed by atoms with Crippen LogP contribution < -0.4 is 0 Å². The maximum absolute atomic E-state index is 2.54. The highest BCUT2D eigenvalue weighted by Gasteiger charge is 2.21. The van der Waals surface area contributed by atoms with E-state index in [9.17, 15) is 0 Å². The smallest absolute Gasteiger partial charge is 0.0622 e. The molecule has 6 aromatic rings. The van der Waals surface area contributed by atoms with Crippen molar-refractivity contribution in [3.8, 4) is 11.1 Å². The number of rotatable bonds is 4. The molecule has 0 N–H and O–H groups in total. The lowest BCUT2D eigenvalue weighted by Crippen LogP contribution is -2.00. The second-order valence-corrected chi connectivity index (χ2v) is 13.4. The van der Waals surface area contributed by atoms with Crippen molar-refractivity contribution in [2.24, 2.45) is 5.92 Å². The van der Waals surface area contributed by atoms with Crippen LogP contribution in [0.4, 0.5) is 0 Å². The fourth-order valence-electron chi connectivity index (χ4n) is 7.62. The first-order valence-corrected chi connectivity index (χ1v) is 20.3. The van der Waals surface area contributed by atoms with E-state index in [0.717, 1.165) is 19.3 Å². The maximum atomic E-state index is 2.54. The molecule has 0 saturated carbocycles. The lowest BCUT2D eigenvalue weighted by molar-refractivity contribution is 0.959. The minimum atomic E-state index is 0.597. The van der Waals surface area contributed by atoms with Crippen LogP contribution in [0.15, 0.2) is 157 Å². The molecule has 9 rings (SSSR count). The molecule has 1 unspecified atom stereocenters. The summed E-state index contributed by atoms with van der Waals surface area (Å²) in [7, 11) is 0. The molecule has 3 aliphatic carbocycles. The van der Waals surface area contributed by atoms with Crippen LogP contribution in [0.5, 0.6) is 0 Å². The van der Waals surface area contributed by atoms with Crippen LogP contribution in [0.1, 0.15) is 91.3 Å². The van der Waals surface area contributed by atoms with Gasteiger partial charge in [-0.05, 0) is 107 Å². The first kappa shape index (κ1) is 39.8. The number of nitrogens with zero attached hydrogens (tertiary/aromatic N) is 1. The monoisotopic (exact) mass is 709 g/mol. The molecule has 0 amide bonds. The largest absolute Gasteiger partial charge is 0.312 e. The molecular formula is C53H59N. The second kappa shape index (κ2) is 19.1. The van der Waals surface area contributed by atoms with E-state index >= 15 is 0 Å². The van der Waals surface area contributed by atoms with Gasteiger partial charge in [0.05, 0.1) is 11.0 Å². The zero-order chi connectivity index (χ0) is 38.6. The Balaban J connectivity index is 0.000000261. The Morgan fingerprint density at radius 1 is 0.648 bits per heavy atom. The van der Waals surface area contributed by atoms with Gasteiger partial charge in [0.15, 0.2) is 0 Å². The van der Waals surface area contributed by atoms with E-state index < -0.39 is 0 Å². The molecule has 3 aliphatic rings. The van der Waals surface area contributed by atoms with Crippen LogP contribution in [0.25, 0.3) is 60.5 Å². The van der Waals surface area contributed by atoms with Crippen LogP contribution >= 0.6 is 0 Å². The standard InChI is InChI=1S/C35H29N.C12H12.3C2H6/c1-23-11-10-17-28(23)31-22-26(20-19-24(31)2)34-29-15-7-6-12-25(29)21-32-30-16-8-9-18-33(30)36(35(32)34)27-13-4-3-5-14-27;1-10-7-8-12(9-10)11-5-3-2-4-6-11;3*1-2/h3-4,6-10,12-13,15-22H,5,11,14H2,1-2H3;2-10H,1H3;3*1-2H3. The number of hydrogen-bond donors (Lipinski definition) is 0. The van der Waals surface area contributed by atoms with E-state index in [-0.39, 0.29) is 0 Å². The molecule has 1 heteroatoms. The Kier molecular flexibility index (Phi) is 14.1. The lowest BCUT2D eigenvalue weighted by Gasteiger charge is -2.18. The van der Waals surface area contributed by atoms with Crippen molar-refractivity contribution in [2.75, 3.05) is 0 Å². The van der Waals surface area contributed by atoms with Gasteiger partial charge in [0.1, 0.15) is 0 Å². The van der Waals surface area contributed by atoms with Gasteiger partial charge in [0, 0.05) is 22.0 Å². The van der Waals surface area contributed by atoms with Crippen molar-refractivity contribution in [1.29, 1.82) is 0 Å². The van der Waals surface area contributed by atoms with E-state index in [1.54, 1.807) is 0 Å². The molecule has 0 fully saturated rings. The van der Waals surface area contributed by atoms with Crippen molar-refractivity contribution in [2.45, 2.75) is 81.6 Å². The maximum Gasteiger partial charge on any atom is 0.0622 e.